The van der Waals surface area contributed by atoms with Crippen LogP contribution in [0.4, 0.5) is 0 Å². The van der Waals surface area contributed by atoms with Gasteiger partial charge in [0.05, 0.1) is 36.0 Å². The van der Waals surface area contributed by atoms with Gasteiger partial charge in [-0.1, -0.05) is 6.08 Å². The van der Waals surface area contributed by atoms with Crippen LogP contribution in [0.15, 0.2) is 23.4 Å². The number of esters is 1. The van der Waals surface area contributed by atoms with Crippen molar-refractivity contribution in [1.82, 2.24) is 10.2 Å². The van der Waals surface area contributed by atoms with E-state index in [1.807, 2.05) is 0 Å². The van der Waals surface area contributed by atoms with Gasteiger partial charge in [-0.3, -0.25) is 15.0 Å². The van der Waals surface area contributed by atoms with E-state index in [-0.39, 0.29) is 30.7 Å². The van der Waals surface area contributed by atoms with Crippen LogP contribution in [0.2, 0.25) is 0 Å². The lowest BCUT2D eigenvalue weighted by Crippen LogP contribution is -2.56. The molecule has 1 aliphatic heterocycles. The van der Waals surface area contributed by atoms with E-state index in [1.165, 1.54) is 6.08 Å². The summed E-state index contributed by atoms with van der Waals surface area (Å²) in [7, 11) is 0. The van der Waals surface area contributed by atoms with E-state index in [2.05, 4.69) is 16.3 Å². The molecule has 1 heterocycles. The molecule has 2 rings (SSSR count). The van der Waals surface area contributed by atoms with Gasteiger partial charge < -0.3 is 10.1 Å². The number of nitriles is 1. The monoisotopic (exact) mass is 320 g/mol. The van der Waals surface area contributed by atoms with Crippen molar-refractivity contribution in [1.29, 1.82) is 5.26 Å². The van der Waals surface area contributed by atoms with Crippen molar-refractivity contribution in [2.24, 2.45) is 0 Å². The van der Waals surface area contributed by atoms with Gasteiger partial charge in [0.1, 0.15) is 5.57 Å². The van der Waals surface area contributed by atoms with E-state index in [4.69, 9.17) is 4.74 Å². The molecule has 0 spiro atoms. The van der Waals surface area contributed by atoms with Gasteiger partial charge in [-0.2, -0.15) is 5.26 Å². The van der Waals surface area contributed by atoms with E-state index in [0.717, 1.165) is 13.1 Å². The topological polar surface area (TPSA) is 108 Å². The summed E-state index contributed by atoms with van der Waals surface area (Å²) in [5.74, 6) is -0.693. The SMILES string of the molecule is CCOC(=O)C1=C([N+](=O)[O-])CC(CC#N)(N2CCNCC2)C=C1. The molecule has 8 heteroatoms. The summed E-state index contributed by atoms with van der Waals surface area (Å²) in [5.41, 5.74) is -0.949. The first-order valence-corrected chi connectivity index (χ1v) is 7.60. The fraction of sp³-hybridized carbons (Fsp3) is 0.600. The van der Waals surface area contributed by atoms with E-state index < -0.39 is 16.4 Å². The van der Waals surface area contributed by atoms with E-state index in [0.29, 0.717) is 13.1 Å². The fourth-order valence-corrected chi connectivity index (χ4v) is 3.03. The number of hydrogen-bond acceptors (Lipinski definition) is 7. The van der Waals surface area contributed by atoms with Crippen LogP contribution >= 0.6 is 0 Å². The number of ether oxygens (including phenoxy) is 1. The first-order valence-electron chi connectivity index (χ1n) is 7.60. The maximum absolute atomic E-state index is 11.9. The minimum absolute atomic E-state index is 0.0260. The largest absolute Gasteiger partial charge is 0.462 e. The average molecular weight is 320 g/mol. The third-order valence-corrected chi connectivity index (χ3v) is 4.19. The van der Waals surface area contributed by atoms with Gasteiger partial charge in [-0.25, -0.2) is 4.79 Å². The second-order valence-electron chi connectivity index (χ2n) is 5.52. The number of hydrogen-bond donors (Lipinski definition) is 1. The van der Waals surface area contributed by atoms with Crippen molar-refractivity contribution in [3.05, 3.63) is 33.5 Å². The molecular weight excluding hydrogens is 300 g/mol. The van der Waals surface area contributed by atoms with Crippen LogP contribution in [0.5, 0.6) is 0 Å². The van der Waals surface area contributed by atoms with Crippen LogP contribution in [0, 0.1) is 21.4 Å². The van der Waals surface area contributed by atoms with E-state index >= 15 is 0 Å². The van der Waals surface area contributed by atoms with Crippen LogP contribution < -0.4 is 5.32 Å². The Morgan fingerprint density at radius 3 is 2.83 bits per heavy atom. The van der Waals surface area contributed by atoms with Gasteiger partial charge in [0, 0.05) is 26.2 Å². The maximum atomic E-state index is 11.9. The number of nitrogens with zero attached hydrogens (tertiary/aromatic N) is 3. The highest BCUT2D eigenvalue weighted by Gasteiger charge is 2.43. The Morgan fingerprint density at radius 1 is 1.57 bits per heavy atom. The van der Waals surface area contributed by atoms with Gasteiger partial charge in [0.2, 0.25) is 0 Å². The summed E-state index contributed by atoms with van der Waals surface area (Å²) < 4.78 is 4.89. The molecule has 1 unspecified atom stereocenters. The third-order valence-electron chi connectivity index (χ3n) is 4.19. The second kappa shape index (κ2) is 7.35. The van der Waals surface area contributed by atoms with Gasteiger partial charge in [-0.05, 0) is 13.0 Å². The van der Waals surface area contributed by atoms with Crippen molar-refractivity contribution in [2.75, 3.05) is 32.8 Å². The molecule has 0 amide bonds. The summed E-state index contributed by atoms with van der Waals surface area (Å²) >= 11 is 0. The average Bonchev–Trinajstić information content (AvgIpc) is 2.56. The number of rotatable bonds is 5. The summed E-state index contributed by atoms with van der Waals surface area (Å²) in [5, 5.41) is 23.9. The van der Waals surface area contributed by atoms with Gasteiger partial charge in [0.15, 0.2) is 0 Å². The molecule has 124 valence electrons. The standard InChI is InChI=1S/C15H20N4O4/c1-2-23-14(20)12-3-4-15(5-6-16,11-13(12)19(21)22)18-9-7-17-8-10-18/h3-4,17H,2,5,7-11H2,1H3. The zero-order chi connectivity index (χ0) is 16.9. The molecule has 1 saturated heterocycles. The van der Waals surface area contributed by atoms with Crippen molar-refractivity contribution >= 4 is 5.97 Å². The van der Waals surface area contributed by atoms with Crippen LogP contribution in [0.25, 0.3) is 0 Å². The fourth-order valence-electron chi connectivity index (χ4n) is 3.03. The number of carbonyl (C=O) groups excluding carboxylic acids is 1. The Morgan fingerprint density at radius 2 is 2.26 bits per heavy atom. The highest BCUT2D eigenvalue weighted by molar-refractivity contribution is 5.92. The normalized spacial score (nSPS) is 25.0. The molecule has 0 aromatic carbocycles. The van der Waals surface area contributed by atoms with Crippen LogP contribution in [-0.4, -0.2) is 54.1 Å². The molecule has 0 saturated carbocycles. The molecule has 2 aliphatic rings. The maximum Gasteiger partial charge on any atom is 0.344 e. The Balaban J connectivity index is 2.36. The van der Waals surface area contributed by atoms with Gasteiger partial charge in [-0.15, -0.1) is 0 Å². The Kier molecular flexibility index (Phi) is 5.47. The first-order chi connectivity index (χ1) is 11.0. The molecule has 0 aromatic heterocycles. The Hall–Kier alpha value is -2.24. The van der Waals surface area contributed by atoms with Crippen molar-refractivity contribution in [2.45, 2.75) is 25.3 Å². The smallest absolute Gasteiger partial charge is 0.344 e. The molecule has 23 heavy (non-hydrogen) atoms. The van der Waals surface area contributed by atoms with Gasteiger partial charge >= 0.3 is 5.97 Å². The highest BCUT2D eigenvalue weighted by Crippen LogP contribution is 2.35. The molecule has 0 bridgehead atoms. The molecule has 0 radical (unpaired) electrons. The molecule has 1 fully saturated rings. The molecule has 1 N–H and O–H groups in total. The van der Waals surface area contributed by atoms with E-state index in [1.54, 1.807) is 13.0 Å². The molecular formula is C15H20N4O4. The number of nitrogens with one attached hydrogen (secondary N) is 1. The predicted octanol–water partition coefficient (Wildman–Crippen LogP) is 0.598. The summed E-state index contributed by atoms with van der Waals surface area (Å²) in [6.45, 7) is 4.74. The van der Waals surface area contributed by atoms with Crippen LogP contribution in [0.1, 0.15) is 19.8 Å². The lowest BCUT2D eigenvalue weighted by molar-refractivity contribution is -0.430. The molecule has 8 nitrogen and oxygen atoms in total. The van der Waals surface area contributed by atoms with Crippen molar-refractivity contribution < 1.29 is 14.5 Å². The number of nitro groups is 1. The number of carbonyl (C=O) groups is 1. The quantitative estimate of drug-likeness (QED) is 0.449. The lowest BCUT2D eigenvalue weighted by atomic mass is 9.82. The van der Waals surface area contributed by atoms with Gasteiger partial charge in [0.25, 0.3) is 5.70 Å². The Labute approximate surface area is 134 Å². The third kappa shape index (κ3) is 3.57. The zero-order valence-electron chi connectivity index (χ0n) is 13.1. The minimum Gasteiger partial charge on any atom is -0.462 e. The number of piperazine rings is 1. The summed E-state index contributed by atoms with van der Waals surface area (Å²) in [4.78, 5) is 24.9. The van der Waals surface area contributed by atoms with Crippen LogP contribution in [0.3, 0.4) is 0 Å². The van der Waals surface area contributed by atoms with E-state index in [9.17, 15) is 20.2 Å². The van der Waals surface area contributed by atoms with Crippen molar-refractivity contribution in [3.8, 4) is 6.07 Å². The highest BCUT2D eigenvalue weighted by atomic mass is 16.6. The predicted molar refractivity (Wildman–Crippen MR) is 81.8 cm³/mol. The molecule has 0 aromatic rings. The van der Waals surface area contributed by atoms with Crippen molar-refractivity contribution in [3.63, 3.8) is 0 Å². The lowest BCUT2D eigenvalue weighted by Gasteiger charge is -2.43. The summed E-state index contributed by atoms with van der Waals surface area (Å²) in [6, 6.07) is 2.13. The second-order valence-corrected chi connectivity index (χ2v) is 5.52. The zero-order valence-corrected chi connectivity index (χ0v) is 13.1. The minimum atomic E-state index is -0.741. The first kappa shape index (κ1) is 17.1. The van der Waals surface area contributed by atoms with Crippen LogP contribution in [-0.2, 0) is 9.53 Å². The Bertz CT molecular complexity index is 587. The molecule has 1 aliphatic carbocycles. The summed E-state index contributed by atoms with van der Waals surface area (Å²) in [6.07, 6.45) is 3.36. The molecule has 1 atom stereocenters.